The molecule has 180 valence electrons. The molecule has 0 spiro atoms. The van der Waals surface area contributed by atoms with Crippen LogP contribution in [-0.2, 0) is 6.16 Å². The van der Waals surface area contributed by atoms with Gasteiger partial charge in [-0.3, -0.25) is 0 Å². The Morgan fingerprint density at radius 2 is 1.12 bits per heavy atom. The molecule has 0 unspecified atom stereocenters. The second-order valence-corrected chi connectivity index (χ2v) is 12.0. The Balaban J connectivity index is 2.24. The van der Waals surface area contributed by atoms with Gasteiger partial charge >= 0.3 is 0 Å². The lowest BCUT2D eigenvalue weighted by Crippen LogP contribution is -1.97. The molecule has 0 bridgehead atoms. The number of hydrogen-bond acceptors (Lipinski definition) is 2. The highest BCUT2D eigenvalue weighted by Crippen LogP contribution is 2.45. The van der Waals surface area contributed by atoms with Crippen LogP contribution in [0.15, 0.2) is 38.7 Å². The molecule has 3 aromatic carbocycles. The van der Waals surface area contributed by atoms with Crippen molar-refractivity contribution >= 4 is 30.0 Å². The first kappa shape index (κ1) is 24.7. The van der Waals surface area contributed by atoms with Crippen molar-refractivity contribution in [2.24, 2.45) is 0 Å². The minimum atomic E-state index is -1.20. The zero-order chi connectivity index (χ0) is 24.9. The van der Waals surface area contributed by atoms with E-state index in [0.717, 1.165) is 17.3 Å². The lowest BCUT2D eigenvalue weighted by atomic mass is 9.89. The maximum Gasteiger partial charge on any atom is 0.221 e. The molecule has 0 aliphatic heterocycles. The minimum Gasteiger partial charge on any atom is -0.419 e. The Hall–Kier alpha value is -2.44. The predicted molar refractivity (Wildman–Crippen MR) is 148 cm³/mol. The quantitative estimate of drug-likeness (QED) is 0.294. The topological polar surface area (TPSA) is 26.3 Å². The van der Waals surface area contributed by atoms with Crippen LogP contribution in [0.4, 0.5) is 0 Å². The summed E-state index contributed by atoms with van der Waals surface area (Å²) in [5.74, 6) is 0.726. The molecule has 0 saturated heterocycles. The van der Waals surface area contributed by atoms with Crippen molar-refractivity contribution in [3.05, 3.63) is 80.4 Å². The lowest BCUT2D eigenvalue weighted by molar-refractivity contribution is 0.628. The first-order valence-corrected chi connectivity index (χ1v) is 13.8. The summed E-state index contributed by atoms with van der Waals surface area (Å²) in [7, 11) is -1.20. The minimum absolute atomic E-state index is 0.363. The lowest BCUT2D eigenvalue weighted by Gasteiger charge is -2.16. The summed E-state index contributed by atoms with van der Waals surface area (Å²) < 4.78 is 13.9. The SMILES string of the molecule is Cc1ccc(Cp2oc3c(C(C)C)cc(C)c(C)c3c3c(C)c(C)cc(C(C)C)c3o2)c(C)c1. The highest BCUT2D eigenvalue weighted by atomic mass is 31.1. The molecule has 0 aliphatic carbocycles. The van der Waals surface area contributed by atoms with Crippen molar-refractivity contribution < 1.29 is 8.39 Å². The summed E-state index contributed by atoms with van der Waals surface area (Å²) in [6, 6.07) is 11.3. The predicted octanol–water partition coefficient (Wildman–Crippen LogP) is 10.4. The first-order chi connectivity index (χ1) is 16.0. The Labute approximate surface area is 205 Å². The molecule has 2 nitrogen and oxygen atoms in total. The van der Waals surface area contributed by atoms with Crippen molar-refractivity contribution in [3.8, 4) is 0 Å². The van der Waals surface area contributed by atoms with Gasteiger partial charge in [0.15, 0.2) is 0 Å². The highest BCUT2D eigenvalue weighted by Gasteiger charge is 2.21. The molecule has 0 N–H and O–H groups in total. The Kier molecular flexibility index (Phi) is 6.76. The van der Waals surface area contributed by atoms with Gasteiger partial charge in [0.25, 0.3) is 0 Å². The molecule has 0 amide bonds. The van der Waals surface area contributed by atoms with E-state index in [2.05, 4.69) is 99.6 Å². The average molecular weight is 475 g/mol. The van der Waals surface area contributed by atoms with E-state index in [4.69, 9.17) is 8.39 Å². The summed E-state index contributed by atoms with van der Waals surface area (Å²) in [6.45, 7) is 22.3. The molecular weight excluding hydrogens is 435 g/mol. The molecule has 0 saturated carbocycles. The fraction of sp³-hybridized carbons (Fsp3) is 0.419. The van der Waals surface area contributed by atoms with E-state index >= 15 is 0 Å². The zero-order valence-electron chi connectivity index (χ0n) is 22.5. The third-order valence-corrected chi connectivity index (χ3v) is 8.70. The molecule has 1 heterocycles. The number of rotatable bonds is 4. The summed E-state index contributed by atoms with van der Waals surface area (Å²) >= 11 is 0. The Bertz CT molecular complexity index is 1360. The Morgan fingerprint density at radius 3 is 1.53 bits per heavy atom. The van der Waals surface area contributed by atoms with Crippen molar-refractivity contribution in [3.63, 3.8) is 0 Å². The molecule has 0 atom stereocenters. The van der Waals surface area contributed by atoms with Gasteiger partial charge in [0.05, 0.1) is 6.16 Å². The van der Waals surface area contributed by atoms with Crippen LogP contribution in [0.2, 0.25) is 0 Å². The first-order valence-electron chi connectivity index (χ1n) is 12.5. The molecule has 4 aromatic rings. The second kappa shape index (κ2) is 9.31. The van der Waals surface area contributed by atoms with Gasteiger partial charge in [0.1, 0.15) is 11.2 Å². The van der Waals surface area contributed by atoms with E-state index in [1.54, 1.807) is 0 Å². The van der Waals surface area contributed by atoms with Gasteiger partial charge in [0.2, 0.25) is 8.01 Å². The normalized spacial score (nSPS) is 11.9. The van der Waals surface area contributed by atoms with Crippen molar-refractivity contribution in [2.45, 2.75) is 87.2 Å². The summed E-state index contributed by atoms with van der Waals surface area (Å²) in [5.41, 5.74) is 13.7. The fourth-order valence-electron chi connectivity index (χ4n) is 4.94. The van der Waals surface area contributed by atoms with Crippen LogP contribution in [-0.4, -0.2) is 0 Å². The summed E-state index contributed by atoms with van der Waals surface area (Å²) in [6.07, 6.45) is 0.773. The number of benzene rings is 3. The largest absolute Gasteiger partial charge is 0.419 e. The second-order valence-electron chi connectivity index (χ2n) is 10.6. The maximum atomic E-state index is 6.93. The third kappa shape index (κ3) is 4.34. The van der Waals surface area contributed by atoms with E-state index < -0.39 is 8.01 Å². The van der Waals surface area contributed by atoms with Crippen molar-refractivity contribution in [1.82, 2.24) is 0 Å². The molecular formula is C31H39O2P. The number of hydrogen-bond donors (Lipinski definition) is 0. The maximum absolute atomic E-state index is 6.93. The fourth-order valence-corrected chi connectivity index (χ4v) is 6.54. The van der Waals surface area contributed by atoms with Gasteiger partial charge in [-0.2, -0.15) is 0 Å². The Morgan fingerprint density at radius 1 is 0.647 bits per heavy atom. The molecule has 0 radical (unpaired) electrons. The molecule has 4 rings (SSSR count). The zero-order valence-corrected chi connectivity index (χ0v) is 23.4. The third-order valence-electron chi connectivity index (χ3n) is 7.33. The number of aryl methyl sites for hydroxylation is 6. The monoisotopic (exact) mass is 474 g/mol. The van der Waals surface area contributed by atoms with Gasteiger partial charge < -0.3 is 8.39 Å². The molecule has 34 heavy (non-hydrogen) atoms. The standard InChI is InChI=1S/C31H39O2P/c1-17(2)26-14-20(6)23(9)28-29-24(10)21(7)15-27(18(3)4)31(29)33-34(32-30(26)28)16-25-12-11-19(5)13-22(25)8/h11-15,17-18H,16H2,1-10H3. The van der Waals surface area contributed by atoms with Gasteiger partial charge in [0, 0.05) is 10.8 Å². The summed E-state index contributed by atoms with van der Waals surface area (Å²) in [5, 5.41) is 2.46. The molecule has 3 heteroatoms. The van der Waals surface area contributed by atoms with Gasteiger partial charge in [-0.05, 0) is 97.9 Å². The van der Waals surface area contributed by atoms with Crippen LogP contribution < -0.4 is 0 Å². The van der Waals surface area contributed by atoms with E-state index in [-0.39, 0.29) is 0 Å². The van der Waals surface area contributed by atoms with E-state index in [1.165, 1.54) is 60.8 Å². The van der Waals surface area contributed by atoms with Crippen LogP contribution in [0.1, 0.15) is 89.6 Å². The van der Waals surface area contributed by atoms with Crippen LogP contribution in [0, 0.1) is 41.5 Å². The van der Waals surface area contributed by atoms with Crippen LogP contribution >= 0.6 is 8.01 Å². The average Bonchev–Trinajstić information content (AvgIpc) is 2.92. The van der Waals surface area contributed by atoms with Crippen molar-refractivity contribution in [1.29, 1.82) is 0 Å². The van der Waals surface area contributed by atoms with Crippen LogP contribution in [0.5, 0.6) is 0 Å². The van der Waals surface area contributed by atoms with Gasteiger partial charge in [-0.25, -0.2) is 0 Å². The van der Waals surface area contributed by atoms with E-state index in [0.29, 0.717) is 11.8 Å². The van der Waals surface area contributed by atoms with Gasteiger partial charge in [-0.15, -0.1) is 0 Å². The highest BCUT2D eigenvalue weighted by molar-refractivity contribution is 7.36. The van der Waals surface area contributed by atoms with Crippen LogP contribution in [0.25, 0.3) is 21.9 Å². The molecule has 0 fully saturated rings. The van der Waals surface area contributed by atoms with Gasteiger partial charge in [-0.1, -0.05) is 63.6 Å². The van der Waals surface area contributed by atoms with Crippen LogP contribution in [0.3, 0.4) is 0 Å². The van der Waals surface area contributed by atoms with Crippen molar-refractivity contribution in [2.75, 3.05) is 0 Å². The summed E-state index contributed by atoms with van der Waals surface area (Å²) in [4.78, 5) is 0. The molecule has 0 aliphatic rings. The molecule has 1 aromatic heterocycles. The van der Waals surface area contributed by atoms with E-state index in [1.807, 2.05) is 0 Å². The van der Waals surface area contributed by atoms with E-state index in [9.17, 15) is 0 Å². The number of fused-ring (bicyclic) bond motifs is 3. The smallest absolute Gasteiger partial charge is 0.221 e.